The molecule has 0 saturated carbocycles. The van der Waals surface area contributed by atoms with Gasteiger partial charge in [0.15, 0.2) is 0 Å². The van der Waals surface area contributed by atoms with Crippen LogP contribution in [0.1, 0.15) is 22.3 Å². The summed E-state index contributed by atoms with van der Waals surface area (Å²) >= 11 is 0. The Labute approximate surface area is 217 Å². The van der Waals surface area contributed by atoms with E-state index in [1.165, 1.54) is 0 Å². The molecule has 182 valence electrons. The average molecular weight is 513 g/mol. The van der Waals surface area contributed by atoms with Gasteiger partial charge in [-0.1, -0.05) is 71.8 Å². The number of nitrogens with zero attached hydrogens (tertiary/aromatic N) is 2. The summed E-state index contributed by atoms with van der Waals surface area (Å²) < 4.78 is 26.2. The van der Waals surface area contributed by atoms with Crippen molar-refractivity contribution in [2.75, 3.05) is 13.1 Å². The summed E-state index contributed by atoms with van der Waals surface area (Å²) in [5.74, 6) is 0. The van der Waals surface area contributed by atoms with Crippen LogP contribution in [0.15, 0.2) is 127 Å². The van der Waals surface area contributed by atoms with Crippen LogP contribution in [0.3, 0.4) is 0 Å². The van der Waals surface area contributed by atoms with E-state index >= 15 is 0 Å². The minimum atomic E-state index is -1.27. The highest BCUT2D eigenvalue weighted by molar-refractivity contribution is 7.85. The summed E-state index contributed by atoms with van der Waals surface area (Å²) in [7, 11) is -2.55. The molecule has 0 fully saturated rings. The van der Waals surface area contributed by atoms with E-state index in [4.69, 9.17) is 0 Å². The highest BCUT2D eigenvalue weighted by atomic mass is 32.2. The third kappa shape index (κ3) is 6.59. The van der Waals surface area contributed by atoms with Crippen LogP contribution in [0.5, 0.6) is 0 Å². The molecule has 0 radical (unpaired) electrons. The van der Waals surface area contributed by atoms with Crippen molar-refractivity contribution < 1.29 is 8.42 Å². The molecular weight excluding hydrogens is 484 g/mol. The Morgan fingerprint density at radius 3 is 1.31 bits per heavy atom. The molecule has 2 atom stereocenters. The Morgan fingerprint density at radius 2 is 0.917 bits per heavy atom. The molecule has 0 spiro atoms. The Morgan fingerprint density at radius 1 is 0.556 bits per heavy atom. The van der Waals surface area contributed by atoms with Crippen LogP contribution in [0.4, 0.5) is 0 Å². The Kier molecular flexibility index (Phi) is 8.87. The lowest BCUT2D eigenvalue weighted by molar-refractivity contribution is 0.682. The zero-order chi connectivity index (χ0) is 25.3. The molecule has 0 aliphatic rings. The maximum atomic E-state index is 13.1. The highest BCUT2D eigenvalue weighted by Gasteiger charge is 2.11. The fourth-order valence-electron chi connectivity index (χ4n) is 3.53. The van der Waals surface area contributed by atoms with Crippen LogP contribution in [0, 0.1) is 13.8 Å². The molecule has 0 aromatic heterocycles. The van der Waals surface area contributed by atoms with Crippen LogP contribution in [0.2, 0.25) is 0 Å². The molecule has 2 unspecified atom stereocenters. The highest BCUT2D eigenvalue weighted by Crippen LogP contribution is 2.21. The van der Waals surface area contributed by atoms with E-state index < -0.39 is 21.6 Å². The second kappa shape index (κ2) is 12.5. The second-order valence-corrected chi connectivity index (χ2v) is 11.2. The molecule has 0 aliphatic heterocycles. The molecule has 0 aliphatic carbocycles. The minimum absolute atomic E-state index is 0.491. The van der Waals surface area contributed by atoms with Gasteiger partial charge in [0.1, 0.15) is 0 Å². The van der Waals surface area contributed by atoms with E-state index in [2.05, 4.69) is 9.98 Å². The molecule has 4 aromatic carbocycles. The maximum absolute atomic E-state index is 13.1. The first-order valence-corrected chi connectivity index (χ1v) is 14.0. The van der Waals surface area contributed by atoms with Gasteiger partial charge in [-0.2, -0.15) is 0 Å². The van der Waals surface area contributed by atoms with E-state index in [1.54, 1.807) is 12.4 Å². The van der Waals surface area contributed by atoms with Crippen LogP contribution < -0.4 is 0 Å². The molecule has 4 aromatic rings. The standard InChI is InChI=1S/C30H28N2O2S2/c1-23-11-15-27(16-12-23)35(33)29-9-5-3-7-25(29)21-31-19-20-32-22-26-8-4-6-10-30(26)36(34)28-17-13-24(2)14-18-28/h3-18,21-22H,19-20H2,1-2H3. The number of hydrogen-bond acceptors (Lipinski definition) is 4. The van der Waals surface area contributed by atoms with Crippen LogP contribution >= 0.6 is 0 Å². The van der Waals surface area contributed by atoms with Crippen molar-refractivity contribution in [1.29, 1.82) is 0 Å². The molecule has 0 amide bonds. The molecule has 0 N–H and O–H groups in total. The van der Waals surface area contributed by atoms with Gasteiger partial charge in [-0.05, 0) is 50.2 Å². The van der Waals surface area contributed by atoms with Gasteiger partial charge in [0, 0.05) is 33.3 Å². The molecule has 0 bridgehead atoms. The fourth-order valence-corrected chi connectivity index (χ4v) is 5.88. The predicted molar refractivity (Wildman–Crippen MR) is 150 cm³/mol. The van der Waals surface area contributed by atoms with Crippen LogP contribution in [-0.2, 0) is 21.6 Å². The zero-order valence-electron chi connectivity index (χ0n) is 20.3. The molecule has 6 heteroatoms. The summed E-state index contributed by atoms with van der Waals surface area (Å²) in [4.78, 5) is 12.0. The number of rotatable bonds is 9. The van der Waals surface area contributed by atoms with E-state index in [-0.39, 0.29) is 0 Å². The van der Waals surface area contributed by atoms with Gasteiger partial charge in [0.25, 0.3) is 0 Å². The Bertz CT molecular complexity index is 1320. The molecule has 0 saturated heterocycles. The molecule has 4 rings (SSSR count). The molecule has 0 heterocycles. The van der Waals surface area contributed by atoms with Gasteiger partial charge < -0.3 is 0 Å². The van der Waals surface area contributed by atoms with Crippen molar-refractivity contribution >= 4 is 34.0 Å². The van der Waals surface area contributed by atoms with Crippen molar-refractivity contribution in [3.63, 3.8) is 0 Å². The van der Waals surface area contributed by atoms with E-state index in [1.807, 2.05) is 111 Å². The quantitative estimate of drug-likeness (QED) is 0.199. The van der Waals surface area contributed by atoms with Crippen molar-refractivity contribution in [2.45, 2.75) is 33.4 Å². The number of benzene rings is 4. The lowest BCUT2D eigenvalue weighted by atomic mass is 10.2. The summed E-state index contributed by atoms with van der Waals surface area (Å²) in [5, 5.41) is 0. The summed E-state index contributed by atoms with van der Waals surface area (Å²) in [6.45, 7) is 5.01. The normalized spacial score (nSPS) is 13.3. The van der Waals surface area contributed by atoms with Gasteiger partial charge >= 0.3 is 0 Å². The smallest absolute Gasteiger partial charge is 0.0856 e. The number of aryl methyl sites for hydroxylation is 2. The number of hydrogen-bond donors (Lipinski definition) is 0. The maximum Gasteiger partial charge on any atom is 0.0856 e. The summed E-state index contributed by atoms with van der Waals surface area (Å²) in [6.07, 6.45) is 3.52. The predicted octanol–water partition coefficient (Wildman–Crippen LogP) is 6.17. The van der Waals surface area contributed by atoms with Crippen LogP contribution in [-0.4, -0.2) is 33.9 Å². The minimum Gasteiger partial charge on any atom is -0.291 e. The van der Waals surface area contributed by atoms with Crippen molar-refractivity contribution in [3.05, 3.63) is 119 Å². The number of aliphatic imine (C=N–C) groups is 2. The van der Waals surface area contributed by atoms with Gasteiger partial charge in [0.05, 0.1) is 44.5 Å². The summed E-state index contributed by atoms with van der Waals surface area (Å²) in [6, 6.07) is 30.7. The lowest BCUT2D eigenvalue weighted by Gasteiger charge is -2.07. The van der Waals surface area contributed by atoms with Gasteiger partial charge in [0.2, 0.25) is 0 Å². The molecule has 4 nitrogen and oxygen atoms in total. The topological polar surface area (TPSA) is 58.9 Å². The first-order valence-electron chi connectivity index (χ1n) is 11.7. The first-order chi connectivity index (χ1) is 17.5. The average Bonchev–Trinajstić information content (AvgIpc) is 2.91. The van der Waals surface area contributed by atoms with Crippen LogP contribution in [0.25, 0.3) is 0 Å². The van der Waals surface area contributed by atoms with E-state index in [0.717, 1.165) is 41.8 Å². The monoisotopic (exact) mass is 512 g/mol. The SMILES string of the molecule is Cc1ccc(S(=O)c2ccccc2C=NCCN=Cc2ccccc2S(=O)c2ccc(C)cc2)cc1. The van der Waals surface area contributed by atoms with Gasteiger partial charge in [-0.15, -0.1) is 0 Å². The fraction of sp³-hybridized carbons (Fsp3) is 0.133. The Hall–Kier alpha value is -3.48. The Balaban J connectivity index is 1.40. The first kappa shape index (κ1) is 25.6. The zero-order valence-corrected chi connectivity index (χ0v) is 22.0. The third-order valence-electron chi connectivity index (χ3n) is 5.53. The summed E-state index contributed by atoms with van der Waals surface area (Å²) in [5.41, 5.74) is 3.93. The molecule has 36 heavy (non-hydrogen) atoms. The van der Waals surface area contributed by atoms with Crippen molar-refractivity contribution in [2.24, 2.45) is 9.98 Å². The van der Waals surface area contributed by atoms with E-state index in [0.29, 0.717) is 13.1 Å². The second-order valence-electron chi connectivity index (χ2n) is 8.31. The largest absolute Gasteiger partial charge is 0.291 e. The van der Waals surface area contributed by atoms with E-state index in [9.17, 15) is 8.42 Å². The van der Waals surface area contributed by atoms with Crippen molar-refractivity contribution in [1.82, 2.24) is 0 Å². The van der Waals surface area contributed by atoms with Gasteiger partial charge in [-0.3, -0.25) is 9.98 Å². The van der Waals surface area contributed by atoms with Gasteiger partial charge in [-0.25, -0.2) is 8.42 Å². The molecular formula is C30H28N2O2S2. The third-order valence-corrected chi connectivity index (χ3v) is 8.47. The lowest BCUT2D eigenvalue weighted by Crippen LogP contribution is -2.00. The van der Waals surface area contributed by atoms with Crippen molar-refractivity contribution in [3.8, 4) is 0 Å².